The summed E-state index contributed by atoms with van der Waals surface area (Å²) in [5.41, 5.74) is 1.50. The molecule has 0 aromatic heterocycles. The van der Waals surface area contributed by atoms with Gasteiger partial charge in [0.1, 0.15) is 5.82 Å². The number of rotatable bonds is 4. The molecule has 3 atom stereocenters. The first-order valence-corrected chi connectivity index (χ1v) is 7.98. The van der Waals surface area contributed by atoms with Gasteiger partial charge in [-0.1, -0.05) is 48.5 Å². The summed E-state index contributed by atoms with van der Waals surface area (Å²) in [4.78, 5) is 2.18. The average molecular weight is 315 g/mol. The van der Waals surface area contributed by atoms with E-state index in [0.29, 0.717) is 25.3 Å². The molecule has 0 aliphatic carbocycles. The van der Waals surface area contributed by atoms with E-state index in [4.69, 9.17) is 4.74 Å². The number of hydrogen-bond acceptors (Lipinski definition) is 3. The van der Waals surface area contributed by atoms with Gasteiger partial charge >= 0.3 is 0 Å². The monoisotopic (exact) mass is 315 g/mol. The van der Waals surface area contributed by atoms with Gasteiger partial charge in [-0.2, -0.15) is 0 Å². The van der Waals surface area contributed by atoms with Gasteiger partial charge in [-0.3, -0.25) is 4.90 Å². The lowest BCUT2D eigenvalue weighted by atomic mass is 10.0. The minimum absolute atomic E-state index is 0.0776. The molecule has 1 aliphatic rings. The van der Waals surface area contributed by atoms with Crippen LogP contribution in [0.4, 0.5) is 4.39 Å². The molecule has 3 rings (SSSR count). The number of aliphatic hydroxyl groups is 1. The lowest BCUT2D eigenvalue weighted by Gasteiger charge is -2.40. The van der Waals surface area contributed by atoms with Crippen molar-refractivity contribution in [3.05, 3.63) is 71.5 Å². The average Bonchev–Trinajstić information content (AvgIpc) is 2.56. The van der Waals surface area contributed by atoms with Crippen LogP contribution in [0.5, 0.6) is 0 Å². The van der Waals surface area contributed by atoms with Gasteiger partial charge in [0.05, 0.1) is 24.9 Å². The fraction of sp³-hybridized carbons (Fsp3) is 0.368. The highest BCUT2D eigenvalue weighted by atomic mass is 19.1. The van der Waals surface area contributed by atoms with Crippen molar-refractivity contribution < 1.29 is 14.2 Å². The Kier molecular flexibility index (Phi) is 5.06. The van der Waals surface area contributed by atoms with E-state index >= 15 is 0 Å². The molecular formula is C19H22FNO2. The van der Waals surface area contributed by atoms with Gasteiger partial charge in [0, 0.05) is 18.7 Å². The van der Waals surface area contributed by atoms with Crippen LogP contribution in [0.2, 0.25) is 0 Å². The van der Waals surface area contributed by atoms with E-state index in [1.54, 1.807) is 18.2 Å². The summed E-state index contributed by atoms with van der Waals surface area (Å²) in [5.74, 6) is -0.363. The van der Waals surface area contributed by atoms with E-state index in [9.17, 15) is 9.50 Å². The molecule has 1 aliphatic heterocycles. The van der Waals surface area contributed by atoms with Gasteiger partial charge in [0.2, 0.25) is 0 Å². The van der Waals surface area contributed by atoms with E-state index in [1.165, 1.54) is 6.07 Å². The van der Waals surface area contributed by atoms with E-state index in [-0.39, 0.29) is 18.0 Å². The second-order valence-corrected chi connectivity index (χ2v) is 6.06. The van der Waals surface area contributed by atoms with Crippen LogP contribution in [0.3, 0.4) is 0 Å². The van der Waals surface area contributed by atoms with Crippen molar-refractivity contribution in [3.63, 3.8) is 0 Å². The first-order chi connectivity index (χ1) is 11.1. The number of morpholine rings is 1. The molecule has 2 aromatic rings. The van der Waals surface area contributed by atoms with E-state index in [0.717, 1.165) is 5.56 Å². The number of benzene rings is 2. The van der Waals surface area contributed by atoms with Crippen molar-refractivity contribution in [1.29, 1.82) is 0 Å². The Labute approximate surface area is 136 Å². The molecule has 0 saturated carbocycles. The summed E-state index contributed by atoms with van der Waals surface area (Å²) in [6.45, 7) is 3.69. The second-order valence-electron chi connectivity index (χ2n) is 6.06. The molecular weight excluding hydrogens is 293 g/mol. The number of ether oxygens (including phenoxy) is 1. The summed E-state index contributed by atoms with van der Waals surface area (Å²) in [6, 6.07) is 16.6. The maximum atomic E-state index is 13.9. The quantitative estimate of drug-likeness (QED) is 0.939. The van der Waals surface area contributed by atoms with Crippen LogP contribution in [-0.2, 0) is 4.74 Å². The van der Waals surface area contributed by atoms with Crippen molar-refractivity contribution in [3.8, 4) is 0 Å². The van der Waals surface area contributed by atoms with Crippen LogP contribution in [0, 0.1) is 5.82 Å². The summed E-state index contributed by atoms with van der Waals surface area (Å²) in [7, 11) is 0. The fourth-order valence-corrected chi connectivity index (χ4v) is 3.12. The largest absolute Gasteiger partial charge is 0.387 e. The van der Waals surface area contributed by atoms with Crippen LogP contribution < -0.4 is 0 Å². The Morgan fingerprint density at radius 1 is 1.17 bits per heavy atom. The van der Waals surface area contributed by atoms with Crippen LogP contribution >= 0.6 is 0 Å². The maximum Gasteiger partial charge on any atom is 0.129 e. The van der Waals surface area contributed by atoms with Gasteiger partial charge in [0.25, 0.3) is 0 Å². The Bertz CT molecular complexity index is 634. The Balaban J connectivity index is 1.79. The zero-order valence-electron chi connectivity index (χ0n) is 13.2. The second kappa shape index (κ2) is 7.21. The number of aliphatic hydroxyl groups excluding tert-OH is 1. The van der Waals surface area contributed by atoms with Crippen LogP contribution in [-0.4, -0.2) is 35.8 Å². The lowest BCUT2D eigenvalue weighted by Crippen LogP contribution is -2.45. The van der Waals surface area contributed by atoms with E-state index in [2.05, 4.69) is 17.0 Å². The molecule has 0 radical (unpaired) electrons. The highest BCUT2D eigenvalue weighted by Crippen LogP contribution is 2.29. The standard InChI is InChI=1S/C19H22FNO2/c1-14-11-21(12-19(22)16-9-5-6-10-17(16)20)18(13-23-14)15-7-3-2-4-8-15/h2-10,14,18-19,22H,11-13H2,1H3. The molecule has 2 aromatic carbocycles. The molecule has 0 spiro atoms. The predicted octanol–water partition coefficient (Wildman–Crippen LogP) is 3.32. The number of hydrogen-bond donors (Lipinski definition) is 1. The molecule has 1 fully saturated rings. The van der Waals surface area contributed by atoms with Crippen molar-refractivity contribution in [1.82, 2.24) is 4.90 Å². The Morgan fingerprint density at radius 3 is 2.61 bits per heavy atom. The predicted molar refractivity (Wildman–Crippen MR) is 87.5 cm³/mol. The normalized spacial score (nSPS) is 23.6. The van der Waals surface area contributed by atoms with Gasteiger partial charge in [-0.05, 0) is 18.6 Å². The summed E-state index contributed by atoms with van der Waals surface area (Å²) in [5, 5.41) is 10.5. The molecule has 3 unspecified atom stereocenters. The first kappa shape index (κ1) is 16.1. The maximum absolute atomic E-state index is 13.9. The number of nitrogens with zero attached hydrogens (tertiary/aromatic N) is 1. The summed E-state index contributed by atoms with van der Waals surface area (Å²) >= 11 is 0. The molecule has 3 nitrogen and oxygen atoms in total. The topological polar surface area (TPSA) is 32.7 Å². The minimum atomic E-state index is -0.854. The molecule has 122 valence electrons. The molecule has 1 N–H and O–H groups in total. The fourth-order valence-electron chi connectivity index (χ4n) is 3.12. The number of halogens is 1. The van der Waals surface area contributed by atoms with E-state index < -0.39 is 6.10 Å². The van der Waals surface area contributed by atoms with E-state index in [1.807, 2.05) is 25.1 Å². The zero-order chi connectivity index (χ0) is 16.2. The minimum Gasteiger partial charge on any atom is -0.387 e. The van der Waals surface area contributed by atoms with Crippen molar-refractivity contribution >= 4 is 0 Å². The third-order valence-electron chi connectivity index (χ3n) is 4.33. The van der Waals surface area contributed by atoms with Crippen molar-refractivity contribution in [2.24, 2.45) is 0 Å². The van der Waals surface area contributed by atoms with Crippen molar-refractivity contribution in [2.45, 2.75) is 25.2 Å². The summed E-state index contributed by atoms with van der Waals surface area (Å²) < 4.78 is 19.7. The highest BCUT2D eigenvalue weighted by Gasteiger charge is 2.30. The molecule has 0 bridgehead atoms. The van der Waals surface area contributed by atoms with Gasteiger partial charge in [-0.25, -0.2) is 4.39 Å². The summed E-state index contributed by atoms with van der Waals surface area (Å²) in [6.07, 6.45) is -0.754. The number of β-amino-alcohol motifs (C(OH)–C–C–N with tert-alkyl or cyclic N) is 1. The first-order valence-electron chi connectivity index (χ1n) is 7.98. The molecule has 23 heavy (non-hydrogen) atoms. The van der Waals surface area contributed by atoms with Crippen molar-refractivity contribution in [2.75, 3.05) is 19.7 Å². The Hall–Kier alpha value is -1.75. The SMILES string of the molecule is CC1CN(CC(O)c2ccccc2F)C(c2ccccc2)CO1. The third-order valence-corrected chi connectivity index (χ3v) is 4.33. The van der Waals surface area contributed by atoms with Crippen LogP contribution in [0.25, 0.3) is 0 Å². The highest BCUT2D eigenvalue weighted by molar-refractivity contribution is 5.22. The third kappa shape index (κ3) is 3.78. The van der Waals surface area contributed by atoms with Crippen LogP contribution in [0.1, 0.15) is 30.2 Å². The van der Waals surface area contributed by atoms with Gasteiger partial charge < -0.3 is 9.84 Å². The molecule has 1 heterocycles. The van der Waals surface area contributed by atoms with Gasteiger partial charge in [0.15, 0.2) is 0 Å². The Morgan fingerprint density at radius 2 is 1.87 bits per heavy atom. The zero-order valence-corrected chi connectivity index (χ0v) is 13.2. The van der Waals surface area contributed by atoms with Gasteiger partial charge in [-0.15, -0.1) is 0 Å². The molecule has 1 saturated heterocycles. The molecule has 4 heteroatoms. The smallest absolute Gasteiger partial charge is 0.129 e. The molecule has 0 amide bonds. The van der Waals surface area contributed by atoms with Crippen LogP contribution in [0.15, 0.2) is 54.6 Å². The lowest BCUT2D eigenvalue weighted by molar-refractivity contribution is -0.0690.